The van der Waals surface area contributed by atoms with Gasteiger partial charge in [-0.3, -0.25) is 5.10 Å². The minimum absolute atomic E-state index is 0.343. The fourth-order valence-corrected chi connectivity index (χ4v) is 4.45. The molecule has 2 rings (SSSR count). The normalized spacial score (nSPS) is 19.2. The SMILES string of the molecule is Cc1n[nH]c(C)c1S(=O)(=O)N1CCC(N(C)C)CC1. The Balaban J connectivity index is 2.19. The molecule has 6 nitrogen and oxygen atoms in total. The Kier molecular flexibility index (Phi) is 3.98. The van der Waals surface area contributed by atoms with Crippen molar-refractivity contribution in [3.05, 3.63) is 11.4 Å². The third-order valence-electron chi connectivity index (χ3n) is 3.81. The van der Waals surface area contributed by atoms with Crippen molar-refractivity contribution in [3.8, 4) is 0 Å². The summed E-state index contributed by atoms with van der Waals surface area (Å²) < 4.78 is 26.8. The molecule has 2 heterocycles. The summed E-state index contributed by atoms with van der Waals surface area (Å²) in [5, 5.41) is 6.73. The summed E-state index contributed by atoms with van der Waals surface area (Å²) >= 11 is 0. The van der Waals surface area contributed by atoms with Crippen LogP contribution in [-0.4, -0.2) is 61.0 Å². The number of nitrogens with zero attached hydrogens (tertiary/aromatic N) is 3. The highest BCUT2D eigenvalue weighted by Crippen LogP contribution is 2.25. The molecule has 108 valence electrons. The standard InChI is InChI=1S/C12H22N4O2S/c1-9-12(10(2)14-13-9)19(17,18)16-7-5-11(6-8-16)15(3)4/h11H,5-8H2,1-4H3,(H,13,14). The van der Waals surface area contributed by atoms with E-state index < -0.39 is 10.0 Å². The van der Waals surface area contributed by atoms with E-state index >= 15 is 0 Å². The Morgan fingerprint density at radius 2 is 1.84 bits per heavy atom. The van der Waals surface area contributed by atoms with Crippen LogP contribution >= 0.6 is 0 Å². The molecule has 0 bridgehead atoms. The first-order chi connectivity index (χ1) is 8.84. The Hall–Kier alpha value is -0.920. The topological polar surface area (TPSA) is 69.3 Å². The van der Waals surface area contributed by atoms with Crippen molar-refractivity contribution in [3.63, 3.8) is 0 Å². The number of nitrogens with one attached hydrogen (secondary N) is 1. The summed E-state index contributed by atoms with van der Waals surface area (Å²) in [7, 11) is 0.674. The number of aromatic nitrogens is 2. The Morgan fingerprint density at radius 3 is 2.26 bits per heavy atom. The van der Waals surface area contributed by atoms with Gasteiger partial charge in [-0.15, -0.1) is 0 Å². The minimum Gasteiger partial charge on any atom is -0.306 e. The van der Waals surface area contributed by atoms with Crippen LogP contribution in [0.1, 0.15) is 24.2 Å². The number of rotatable bonds is 3. The Bertz CT molecular complexity index is 523. The van der Waals surface area contributed by atoms with Gasteiger partial charge in [-0.1, -0.05) is 0 Å². The van der Waals surface area contributed by atoms with Gasteiger partial charge in [-0.25, -0.2) is 8.42 Å². The number of H-pyrrole nitrogens is 1. The molecule has 1 aromatic rings. The van der Waals surface area contributed by atoms with Gasteiger partial charge in [0.25, 0.3) is 0 Å². The zero-order valence-corrected chi connectivity index (χ0v) is 12.8. The molecule has 1 N–H and O–H groups in total. The summed E-state index contributed by atoms with van der Waals surface area (Å²) in [5.74, 6) is 0. The monoisotopic (exact) mass is 286 g/mol. The second kappa shape index (κ2) is 5.22. The van der Waals surface area contributed by atoms with Crippen LogP contribution in [0.2, 0.25) is 0 Å². The molecule has 1 fully saturated rings. The number of hydrogen-bond donors (Lipinski definition) is 1. The highest BCUT2D eigenvalue weighted by molar-refractivity contribution is 7.89. The van der Waals surface area contributed by atoms with Gasteiger partial charge in [-0.2, -0.15) is 9.40 Å². The van der Waals surface area contributed by atoms with Crippen molar-refractivity contribution >= 4 is 10.0 Å². The molecular weight excluding hydrogens is 264 g/mol. The molecule has 0 aromatic carbocycles. The molecule has 0 saturated carbocycles. The molecule has 0 aliphatic carbocycles. The van der Waals surface area contributed by atoms with Crippen molar-refractivity contribution in [1.82, 2.24) is 19.4 Å². The quantitative estimate of drug-likeness (QED) is 0.890. The number of aryl methyl sites for hydroxylation is 2. The Labute approximate surface area is 114 Å². The average Bonchev–Trinajstić information content (AvgIpc) is 2.69. The molecule has 0 radical (unpaired) electrons. The predicted octanol–water partition coefficient (Wildman–Crippen LogP) is 0.741. The van der Waals surface area contributed by atoms with Crippen LogP contribution in [0.5, 0.6) is 0 Å². The van der Waals surface area contributed by atoms with Crippen molar-refractivity contribution in [1.29, 1.82) is 0 Å². The molecular formula is C12H22N4O2S. The minimum atomic E-state index is -3.41. The van der Waals surface area contributed by atoms with Gasteiger partial charge >= 0.3 is 0 Å². The first-order valence-corrected chi connectivity index (χ1v) is 7.96. The smallest absolute Gasteiger partial charge is 0.246 e. The molecule has 7 heteroatoms. The van der Waals surface area contributed by atoms with E-state index in [0.717, 1.165) is 12.8 Å². The lowest BCUT2D eigenvalue weighted by Crippen LogP contribution is -2.44. The molecule has 1 aliphatic rings. The molecule has 1 aliphatic heterocycles. The lowest BCUT2D eigenvalue weighted by molar-refractivity contribution is 0.196. The molecule has 0 amide bonds. The molecule has 0 unspecified atom stereocenters. The lowest BCUT2D eigenvalue weighted by atomic mass is 10.1. The van der Waals surface area contributed by atoms with Gasteiger partial charge in [0, 0.05) is 19.1 Å². The number of aromatic amines is 1. The van der Waals surface area contributed by atoms with Crippen molar-refractivity contribution < 1.29 is 8.42 Å². The van der Waals surface area contributed by atoms with Crippen molar-refractivity contribution in [2.24, 2.45) is 0 Å². The highest BCUT2D eigenvalue weighted by atomic mass is 32.2. The van der Waals surface area contributed by atoms with Gasteiger partial charge in [0.1, 0.15) is 4.90 Å². The van der Waals surface area contributed by atoms with Crippen molar-refractivity contribution in [2.45, 2.75) is 37.6 Å². The fraction of sp³-hybridized carbons (Fsp3) is 0.750. The van der Waals surface area contributed by atoms with E-state index in [1.165, 1.54) is 0 Å². The van der Waals surface area contributed by atoms with Gasteiger partial charge in [0.2, 0.25) is 10.0 Å². The van der Waals surface area contributed by atoms with Gasteiger partial charge < -0.3 is 4.90 Å². The molecule has 0 spiro atoms. The Morgan fingerprint density at radius 1 is 1.26 bits per heavy atom. The number of hydrogen-bond acceptors (Lipinski definition) is 4. The summed E-state index contributed by atoms with van der Waals surface area (Å²) in [4.78, 5) is 2.51. The van der Waals surface area contributed by atoms with E-state index in [-0.39, 0.29) is 0 Å². The summed E-state index contributed by atoms with van der Waals surface area (Å²) in [5.41, 5.74) is 1.17. The van der Waals surface area contributed by atoms with Crippen LogP contribution in [0, 0.1) is 13.8 Å². The zero-order chi connectivity index (χ0) is 14.2. The maximum atomic E-state index is 12.6. The van der Waals surface area contributed by atoms with E-state index in [2.05, 4.69) is 15.1 Å². The first-order valence-electron chi connectivity index (χ1n) is 6.52. The van der Waals surface area contributed by atoms with Gasteiger partial charge in [0.05, 0.1) is 11.4 Å². The van der Waals surface area contributed by atoms with E-state index in [0.29, 0.717) is 35.4 Å². The number of sulfonamides is 1. The van der Waals surface area contributed by atoms with Crippen LogP contribution < -0.4 is 0 Å². The third-order valence-corrected chi connectivity index (χ3v) is 5.97. The summed E-state index contributed by atoms with van der Waals surface area (Å²) in [6, 6.07) is 0.470. The average molecular weight is 286 g/mol. The van der Waals surface area contributed by atoms with Crippen molar-refractivity contribution in [2.75, 3.05) is 27.2 Å². The van der Waals surface area contributed by atoms with Crippen LogP contribution in [0.3, 0.4) is 0 Å². The van der Waals surface area contributed by atoms with Crippen LogP contribution in [0.25, 0.3) is 0 Å². The maximum Gasteiger partial charge on any atom is 0.246 e. The zero-order valence-electron chi connectivity index (χ0n) is 12.0. The van der Waals surface area contributed by atoms with Crippen LogP contribution in [0.4, 0.5) is 0 Å². The molecule has 19 heavy (non-hydrogen) atoms. The van der Waals surface area contributed by atoms with E-state index in [1.807, 2.05) is 14.1 Å². The highest BCUT2D eigenvalue weighted by Gasteiger charge is 2.33. The second-order valence-corrected chi connectivity index (χ2v) is 7.24. The lowest BCUT2D eigenvalue weighted by Gasteiger charge is -2.34. The van der Waals surface area contributed by atoms with Crippen LogP contribution in [-0.2, 0) is 10.0 Å². The fourth-order valence-electron chi connectivity index (χ4n) is 2.65. The van der Waals surface area contributed by atoms with Gasteiger partial charge in [0.15, 0.2) is 0 Å². The molecule has 1 saturated heterocycles. The van der Waals surface area contributed by atoms with E-state index in [1.54, 1.807) is 18.2 Å². The van der Waals surface area contributed by atoms with Gasteiger partial charge in [-0.05, 0) is 40.8 Å². The van der Waals surface area contributed by atoms with Crippen LogP contribution in [0.15, 0.2) is 4.90 Å². The summed E-state index contributed by atoms with van der Waals surface area (Å²) in [6.07, 6.45) is 1.75. The van der Waals surface area contributed by atoms with E-state index in [9.17, 15) is 8.42 Å². The predicted molar refractivity (Wildman–Crippen MR) is 73.5 cm³/mol. The molecule has 0 atom stereocenters. The first kappa shape index (κ1) is 14.5. The van der Waals surface area contributed by atoms with E-state index in [4.69, 9.17) is 0 Å². The molecule has 1 aromatic heterocycles. The maximum absolute atomic E-state index is 12.6. The second-order valence-electron chi connectivity index (χ2n) is 5.36. The summed E-state index contributed by atoms with van der Waals surface area (Å²) in [6.45, 7) is 4.63. The largest absolute Gasteiger partial charge is 0.306 e. The third kappa shape index (κ3) is 2.68. The number of piperidine rings is 1.